The summed E-state index contributed by atoms with van der Waals surface area (Å²) >= 11 is 0. The van der Waals surface area contributed by atoms with E-state index in [-0.39, 0.29) is 24.0 Å². The molecule has 3 aliphatic rings. The van der Waals surface area contributed by atoms with Crippen LogP contribution in [-0.4, -0.2) is 62.9 Å². The number of likely N-dealkylation sites (tertiary alicyclic amines) is 1. The van der Waals surface area contributed by atoms with Crippen LogP contribution in [0.5, 0.6) is 0 Å². The van der Waals surface area contributed by atoms with Gasteiger partial charge in [0.15, 0.2) is 0 Å². The minimum absolute atomic E-state index is 0.0534. The van der Waals surface area contributed by atoms with E-state index in [0.717, 1.165) is 18.7 Å². The van der Waals surface area contributed by atoms with Crippen molar-refractivity contribution in [1.82, 2.24) is 19.8 Å². The van der Waals surface area contributed by atoms with Crippen LogP contribution in [-0.2, 0) is 20.9 Å². The van der Waals surface area contributed by atoms with Gasteiger partial charge in [-0.15, -0.1) is 0 Å². The highest BCUT2D eigenvalue weighted by Gasteiger charge is 2.67. The fourth-order valence-electron chi connectivity index (χ4n) is 4.79. The fraction of sp³-hybridized carbons (Fsp3) is 0.632. The summed E-state index contributed by atoms with van der Waals surface area (Å²) < 4.78 is 6.20. The molecule has 3 aliphatic heterocycles. The third kappa shape index (κ3) is 2.40. The number of ether oxygens (including phenoxy) is 1. The first-order chi connectivity index (χ1) is 12.5. The zero-order valence-corrected chi connectivity index (χ0v) is 15.5. The number of nitrogens with zero attached hydrogens (tertiary/aromatic N) is 3. The van der Waals surface area contributed by atoms with E-state index < -0.39 is 17.4 Å². The summed E-state index contributed by atoms with van der Waals surface area (Å²) in [5.41, 5.74) is -0.629. The van der Waals surface area contributed by atoms with Crippen molar-refractivity contribution in [3.8, 4) is 0 Å². The summed E-state index contributed by atoms with van der Waals surface area (Å²) in [6.45, 7) is 5.15. The van der Waals surface area contributed by atoms with Gasteiger partial charge in [0.25, 0.3) is 0 Å². The Balaban J connectivity index is 1.57. The summed E-state index contributed by atoms with van der Waals surface area (Å²) in [6.07, 6.45) is 8.90. The molecule has 1 aromatic heterocycles. The number of amides is 2. The summed E-state index contributed by atoms with van der Waals surface area (Å²) in [7, 11) is 1.76. The number of imidazole rings is 1. The second-order valence-corrected chi connectivity index (χ2v) is 7.57. The van der Waals surface area contributed by atoms with Gasteiger partial charge in [0.1, 0.15) is 11.4 Å². The van der Waals surface area contributed by atoms with E-state index in [2.05, 4.69) is 23.8 Å². The van der Waals surface area contributed by atoms with Crippen molar-refractivity contribution < 1.29 is 14.3 Å². The van der Waals surface area contributed by atoms with Crippen molar-refractivity contribution in [2.75, 3.05) is 13.6 Å². The minimum atomic E-state index is -0.629. The number of carbonyl (C=O) groups is 2. The Bertz CT molecular complexity index is 727. The lowest BCUT2D eigenvalue weighted by Gasteiger charge is -2.29. The largest absolute Gasteiger partial charge is 0.360 e. The molecule has 2 amide bonds. The number of fused-ring (bicyclic) bond motifs is 1. The van der Waals surface area contributed by atoms with Crippen molar-refractivity contribution >= 4 is 11.8 Å². The maximum Gasteiger partial charge on any atom is 0.230 e. The lowest BCUT2D eigenvalue weighted by atomic mass is 9.76. The molecule has 4 rings (SSSR count). The molecule has 26 heavy (non-hydrogen) atoms. The van der Waals surface area contributed by atoms with Crippen molar-refractivity contribution in [3.63, 3.8) is 0 Å². The quantitative estimate of drug-likeness (QED) is 0.779. The van der Waals surface area contributed by atoms with Crippen LogP contribution in [0, 0.1) is 11.8 Å². The van der Waals surface area contributed by atoms with Crippen LogP contribution >= 0.6 is 0 Å². The molecule has 4 heterocycles. The average molecular weight is 358 g/mol. The van der Waals surface area contributed by atoms with Gasteiger partial charge >= 0.3 is 0 Å². The van der Waals surface area contributed by atoms with Gasteiger partial charge in [0, 0.05) is 25.5 Å². The van der Waals surface area contributed by atoms with Gasteiger partial charge < -0.3 is 19.5 Å². The molecule has 2 saturated heterocycles. The van der Waals surface area contributed by atoms with Crippen molar-refractivity contribution in [2.24, 2.45) is 11.8 Å². The van der Waals surface area contributed by atoms with E-state index in [1.54, 1.807) is 24.3 Å². The molecule has 7 nitrogen and oxygen atoms in total. The van der Waals surface area contributed by atoms with Gasteiger partial charge in [-0.05, 0) is 12.8 Å². The number of aromatic nitrogens is 2. The van der Waals surface area contributed by atoms with Gasteiger partial charge in [0.05, 0.1) is 31.0 Å². The first-order valence-corrected chi connectivity index (χ1v) is 9.41. The molecular formula is C19H26N4O3. The Labute approximate surface area is 153 Å². The van der Waals surface area contributed by atoms with Gasteiger partial charge in [0.2, 0.25) is 11.8 Å². The molecule has 2 fully saturated rings. The highest BCUT2D eigenvalue weighted by Crippen LogP contribution is 2.52. The second-order valence-electron chi connectivity index (χ2n) is 7.57. The lowest BCUT2D eigenvalue weighted by Crippen LogP contribution is -2.45. The molecule has 2 unspecified atom stereocenters. The number of aromatic amines is 1. The number of H-pyrrole nitrogens is 1. The monoisotopic (exact) mass is 358 g/mol. The molecule has 0 aromatic carbocycles. The molecule has 140 valence electrons. The number of hydrogen-bond donors (Lipinski definition) is 1. The Kier molecular flexibility index (Phi) is 4.14. The smallest absolute Gasteiger partial charge is 0.230 e. The van der Waals surface area contributed by atoms with E-state index in [4.69, 9.17) is 4.74 Å². The van der Waals surface area contributed by atoms with E-state index in [1.165, 1.54) is 0 Å². The maximum absolute atomic E-state index is 13.2. The SMILES string of the molecule is CCC(CC)N1C[C@]23C=C[C@H](O2)C(C(=O)N(C)Cc2ncc[nH]2)C3C1=O. The Morgan fingerprint density at radius 1 is 1.50 bits per heavy atom. The van der Waals surface area contributed by atoms with Crippen molar-refractivity contribution in [1.29, 1.82) is 0 Å². The molecule has 7 heteroatoms. The summed E-state index contributed by atoms with van der Waals surface area (Å²) in [4.78, 5) is 37.1. The highest BCUT2D eigenvalue weighted by atomic mass is 16.5. The Hall–Kier alpha value is -2.15. The number of carbonyl (C=O) groups excluding carboxylic acids is 2. The standard InChI is InChI=1S/C19H26N4O3/c1-4-12(5-2)23-11-19-7-6-13(26-19)15(16(19)18(23)25)17(24)22(3)10-14-20-8-9-21-14/h6-9,12-13,15-16H,4-5,10-11H2,1-3H3,(H,20,21)/t13-,15?,16?,19-/m0/s1. The normalized spacial score (nSPS) is 31.9. The first-order valence-electron chi connectivity index (χ1n) is 9.41. The van der Waals surface area contributed by atoms with Gasteiger partial charge in [-0.1, -0.05) is 26.0 Å². The van der Waals surface area contributed by atoms with Crippen molar-refractivity contribution in [3.05, 3.63) is 30.4 Å². The number of hydrogen-bond acceptors (Lipinski definition) is 4. The molecule has 1 aromatic rings. The third-order valence-electron chi connectivity index (χ3n) is 6.12. The lowest BCUT2D eigenvalue weighted by molar-refractivity contribution is -0.143. The summed E-state index contributed by atoms with van der Waals surface area (Å²) in [5, 5.41) is 0. The topological polar surface area (TPSA) is 78.5 Å². The van der Waals surface area contributed by atoms with Crippen LogP contribution in [0.15, 0.2) is 24.5 Å². The molecule has 4 atom stereocenters. The highest BCUT2D eigenvalue weighted by molar-refractivity contribution is 5.93. The minimum Gasteiger partial charge on any atom is -0.360 e. The van der Waals surface area contributed by atoms with E-state index >= 15 is 0 Å². The van der Waals surface area contributed by atoms with Crippen LogP contribution < -0.4 is 0 Å². The van der Waals surface area contributed by atoms with Crippen LogP contribution in [0.2, 0.25) is 0 Å². The molecule has 0 aliphatic carbocycles. The van der Waals surface area contributed by atoms with Crippen LogP contribution in [0.3, 0.4) is 0 Å². The Morgan fingerprint density at radius 3 is 2.92 bits per heavy atom. The van der Waals surface area contributed by atoms with E-state index in [0.29, 0.717) is 13.1 Å². The average Bonchev–Trinajstić information content (AvgIpc) is 3.38. The predicted octanol–water partition coefficient (Wildman–Crippen LogP) is 1.34. The van der Waals surface area contributed by atoms with Crippen LogP contribution in [0.1, 0.15) is 32.5 Å². The summed E-state index contributed by atoms with van der Waals surface area (Å²) in [6, 6.07) is 0.204. The predicted molar refractivity (Wildman–Crippen MR) is 94.9 cm³/mol. The zero-order chi connectivity index (χ0) is 18.5. The third-order valence-corrected chi connectivity index (χ3v) is 6.12. The van der Waals surface area contributed by atoms with E-state index in [1.807, 2.05) is 17.1 Å². The first kappa shape index (κ1) is 17.3. The van der Waals surface area contributed by atoms with Gasteiger partial charge in [-0.25, -0.2) is 4.98 Å². The van der Waals surface area contributed by atoms with E-state index in [9.17, 15) is 9.59 Å². The molecule has 0 saturated carbocycles. The Morgan fingerprint density at radius 2 is 2.27 bits per heavy atom. The maximum atomic E-state index is 13.2. The molecule has 1 N–H and O–H groups in total. The zero-order valence-electron chi connectivity index (χ0n) is 15.5. The molecule has 0 radical (unpaired) electrons. The number of nitrogens with one attached hydrogen (secondary N) is 1. The number of rotatable bonds is 6. The second kappa shape index (κ2) is 6.23. The molecular weight excluding hydrogens is 332 g/mol. The van der Waals surface area contributed by atoms with Gasteiger partial charge in [-0.3, -0.25) is 9.59 Å². The fourth-order valence-corrected chi connectivity index (χ4v) is 4.79. The molecule has 2 bridgehead atoms. The van der Waals surface area contributed by atoms with Crippen LogP contribution in [0.4, 0.5) is 0 Å². The van der Waals surface area contributed by atoms with Crippen LogP contribution in [0.25, 0.3) is 0 Å². The molecule has 1 spiro atoms. The van der Waals surface area contributed by atoms with Gasteiger partial charge in [-0.2, -0.15) is 0 Å². The van der Waals surface area contributed by atoms with Crippen molar-refractivity contribution in [2.45, 2.75) is 51.0 Å². The summed E-state index contributed by atoms with van der Waals surface area (Å²) in [5.74, 6) is -0.124.